The summed E-state index contributed by atoms with van der Waals surface area (Å²) in [6.45, 7) is 0.0782. The van der Waals surface area contributed by atoms with Gasteiger partial charge in [-0.2, -0.15) is 5.26 Å². The molecule has 2 aromatic rings. The summed E-state index contributed by atoms with van der Waals surface area (Å²) < 4.78 is 10.4. The van der Waals surface area contributed by atoms with Crippen molar-refractivity contribution in [1.29, 1.82) is 5.26 Å². The molecule has 1 atom stereocenters. The number of aromatic nitrogens is 1. The third-order valence-corrected chi connectivity index (χ3v) is 3.23. The Morgan fingerprint density at radius 1 is 1.22 bits per heavy atom. The average molecular weight is 309 g/mol. The first-order valence-corrected chi connectivity index (χ1v) is 6.74. The number of benzene rings is 1. The Bertz CT molecular complexity index is 799. The number of nitrogens with zero attached hydrogens (tertiary/aromatic N) is 2. The topological polar surface area (TPSA) is 101 Å². The Morgan fingerprint density at radius 3 is 2.78 bits per heavy atom. The second kappa shape index (κ2) is 6.15. The molecule has 1 aliphatic rings. The SMILES string of the molecule is N#CC(C(=O)Nc1ccccn1)C(=O)c1ccc2c(c1)OCO2. The molecule has 1 amide bonds. The average Bonchev–Trinajstić information content (AvgIpc) is 3.04. The van der Waals surface area contributed by atoms with Gasteiger partial charge in [-0.05, 0) is 30.3 Å². The number of rotatable bonds is 4. The first kappa shape index (κ1) is 14.5. The molecular formula is C16H11N3O4. The third kappa shape index (κ3) is 2.96. The minimum atomic E-state index is -1.47. The number of nitrogens with one attached hydrogen (secondary N) is 1. The number of carbonyl (C=O) groups excluding carboxylic acids is 2. The van der Waals surface area contributed by atoms with Gasteiger partial charge in [-0.1, -0.05) is 6.07 Å². The number of hydrogen-bond acceptors (Lipinski definition) is 6. The van der Waals surface area contributed by atoms with Crippen molar-refractivity contribution in [2.24, 2.45) is 5.92 Å². The second-order valence-corrected chi connectivity index (χ2v) is 4.70. The van der Waals surface area contributed by atoms with Crippen molar-refractivity contribution < 1.29 is 19.1 Å². The molecule has 3 rings (SSSR count). The molecule has 0 aliphatic carbocycles. The second-order valence-electron chi connectivity index (χ2n) is 4.70. The van der Waals surface area contributed by atoms with E-state index in [1.165, 1.54) is 18.3 Å². The summed E-state index contributed by atoms with van der Waals surface area (Å²) in [6.07, 6.45) is 1.50. The fraction of sp³-hybridized carbons (Fsp3) is 0.125. The molecule has 114 valence electrons. The molecule has 1 aliphatic heterocycles. The van der Waals surface area contributed by atoms with E-state index in [0.29, 0.717) is 11.5 Å². The van der Waals surface area contributed by atoms with Gasteiger partial charge in [-0.15, -0.1) is 0 Å². The Morgan fingerprint density at radius 2 is 2.04 bits per heavy atom. The third-order valence-electron chi connectivity index (χ3n) is 3.23. The summed E-state index contributed by atoms with van der Waals surface area (Å²) in [5, 5.41) is 11.6. The van der Waals surface area contributed by atoms with Crippen molar-refractivity contribution in [2.45, 2.75) is 0 Å². The maximum absolute atomic E-state index is 12.4. The van der Waals surface area contributed by atoms with Crippen LogP contribution in [0.5, 0.6) is 11.5 Å². The normalized spacial score (nSPS) is 13.0. The maximum Gasteiger partial charge on any atom is 0.250 e. The smallest absolute Gasteiger partial charge is 0.250 e. The van der Waals surface area contributed by atoms with E-state index in [-0.39, 0.29) is 18.2 Å². The molecular weight excluding hydrogens is 298 g/mol. The summed E-state index contributed by atoms with van der Waals surface area (Å²) in [6, 6.07) is 11.2. The van der Waals surface area contributed by atoms with E-state index >= 15 is 0 Å². The molecule has 23 heavy (non-hydrogen) atoms. The molecule has 1 unspecified atom stereocenters. The van der Waals surface area contributed by atoms with Gasteiger partial charge in [0.2, 0.25) is 6.79 Å². The van der Waals surface area contributed by atoms with Crippen molar-refractivity contribution in [3.63, 3.8) is 0 Å². The van der Waals surface area contributed by atoms with Crippen LogP contribution in [0.4, 0.5) is 5.82 Å². The van der Waals surface area contributed by atoms with Crippen LogP contribution in [0.15, 0.2) is 42.6 Å². The molecule has 7 heteroatoms. The van der Waals surface area contributed by atoms with Crippen LogP contribution in [0, 0.1) is 17.2 Å². The minimum absolute atomic E-state index is 0.0782. The molecule has 0 bridgehead atoms. The predicted molar refractivity (Wildman–Crippen MR) is 78.9 cm³/mol. The number of amides is 1. The number of carbonyl (C=O) groups is 2. The Balaban J connectivity index is 1.79. The quantitative estimate of drug-likeness (QED) is 0.682. The highest BCUT2D eigenvalue weighted by Gasteiger charge is 2.29. The first-order valence-electron chi connectivity index (χ1n) is 6.74. The van der Waals surface area contributed by atoms with Crippen LogP contribution in [0.1, 0.15) is 10.4 Å². The Hall–Kier alpha value is -3.40. The molecule has 1 aromatic carbocycles. The molecule has 0 saturated carbocycles. The maximum atomic E-state index is 12.4. The number of fused-ring (bicyclic) bond motifs is 1. The van der Waals surface area contributed by atoms with E-state index < -0.39 is 17.6 Å². The van der Waals surface area contributed by atoms with Gasteiger partial charge in [0, 0.05) is 11.8 Å². The lowest BCUT2D eigenvalue weighted by Gasteiger charge is -2.09. The summed E-state index contributed by atoms with van der Waals surface area (Å²) in [4.78, 5) is 28.5. The van der Waals surface area contributed by atoms with Gasteiger partial charge < -0.3 is 14.8 Å². The van der Waals surface area contributed by atoms with Crippen molar-refractivity contribution >= 4 is 17.5 Å². The molecule has 1 N–H and O–H groups in total. The number of hydrogen-bond donors (Lipinski definition) is 1. The fourth-order valence-corrected chi connectivity index (χ4v) is 2.09. The summed E-state index contributed by atoms with van der Waals surface area (Å²) >= 11 is 0. The van der Waals surface area contributed by atoms with Crippen molar-refractivity contribution in [3.8, 4) is 17.6 Å². The first-order chi connectivity index (χ1) is 11.2. The lowest BCUT2D eigenvalue weighted by Crippen LogP contribution is -2.29. The van der Waals surface area contributed by atoms with Crippen LogP contribution in [0.2, 0.25) is 0 Å². The van der Waals surface area contributed by atoms with E-state index in [1.54, 1.807) is 30.3 Å². The van der Waals surface area contributed by atoms with Crippen LogP contribution >= 0.6 is 0 Å². The van der Waals surface area contributed by atoms with Gasteiger partial charge in [-0.25, -0.2) is 4.98 Å². The minimum Gasteiger partial charge on any atom is -0.454 e. The fourth-order valence-electron chi connectivity index (χ4n) is 2.09. The lowest BCUT2D eigenvalue weighted by molar-refractivity contribution is -0.117. The summed E-state index contributed by atoms with van der Waals surface area (Å²) in [5.74, 6) is -1.60. The number of pyridine rings is 1. The number of ether oxygens (including phenoxy) is 2. The number of ketones is 1. The van der Waals surface area contributed by atoms with Crippen LogP contribution in [0.25, 0.3) is 0 Å². The van der Waals surface area contributed by atoms with Crippen LogP contribution in [-0.4, -0.2) is 23.5 Å². The highest BCUT2D eigenvalue weighted by Crippen LogP contribution is 2.33. The lowest BCUT2D eigenvalue weighted by atomic mass is 9.97. The standard InChI is InChI=1S/C16H11N3O4/c17-8-11(16(21)19-14-3-1-2-6-18-14)15(20)10-4-5-12-13(7-10)23-9-22-12/h1-7,11H,9H2,(H,18,19,21). The zero-order valence-electron chi connectivity index (χ0n) is 11.9. The van der Waals surface area contributed by atoms with E-state index in [0.717, 1.165) is 0 Å². The molecule has 1 aromatic heterocycles. The molecule has 0 fully saturated rings. The van der Waals surface area contributed by atoms with Gasteiger partial charge >= 0.3 is 0 Å². The number of nitriles is 1. The number of anilines is 1. The van der Waals surface area contributed by atoms with Crippen LogP contribution in [-0.2, 0) is 4.79 Å². The highest BCUT2D eigenvalue weighted by molar-refractivity contribution is 6.15. The molecule has 7 nitrogen and oxygen atoms in total. The zero-order valence-corrected chi connectivity index (χ0v) is 11.9. The number of Topliss-reactive ketones (excluding diaryl/α,β-unsaturated/α-hetero) is 1. The highest BCUT2D eigenvalue weighted by atomic mass is 16.7. The molecule has 0 spiro atoms. The van der Waals surface area contributed by atoms with E-state index in [4.69, 9.17) is 9.47 Å². The van der Waals surface area contributed by atoms with E-state index in [9.17, 15) is 14.9 Å². The summed E-state index contributed by atoms with van der Waals surface area (Å²) in [7, 11) is 0. The van der Waals surface area contributed by atoms with E-state index in [2.05, 4.69) is 10.3 Å². The van der Waals surface area contributed by atoms with Crippen molar-refractivity contribution in [2.75, 3.05) is 12.1 Å². The van der Waals surface area contributed by atoms with Gasteiger partial charge in [0.15, 0.2) is 23.2 Å². The molecule has 0 radical (unpaired) electrons. The zero-order chi connectivity index (χ0) is 16.2. The monoisotopic (exact) mass is 309 g/mol. The van der Waals surface area contributed by atoms with E-state index in [1.807, 2.05) is 0 Å². The van der Waals surface area contributed by atoms with Crippen molar-refractivity contribution in [3.05, 3.63) is 48.2 Å². The van der Waals surface area contributed by atoms with Gasteiger partial charge in [-0.3, -0.25) is 9.59 Å². The van der Waals surface area contributed by atoms with Gasteiger partial charge in [0.05, 0.1) is 6.07 Å². The molecule has 0 saturated heterocycles. The van der Waals surface area contributed by atoms with Crippen LogP contribution in [0.3, 0.4) is 0 Å². The van der Waals surface area contributed by atoms with Crippen LogP contribution < -0.4 is 14.8 Å². The largest absolute Gasteiger partial charge is 0.454 e. The Labute approximate surface area is 131 Å². The van der Waals surface area contributed by atoms with Gasteiger partial charge in [0.25, 0.3) is 5.91 Å². The Kier molecular flexibility index (Phi) is 3.89. The van der Waals surface area contributed by atoms with Gasteiger partial charge in [0.1, 0.15) is 5.82 Å². The summed E-state index contributed by atoms with van der Waals surface area (Å²) in [5.41, 5.74) is 0.206. The molecule has 2 heterocycles. The van der Waals surface area contributed by atoms with Crippen molar-refractivity contribution in [1.82, 2.24) is 4.98 Å². The predicted octanol–water partition coefficient (Wildman–Crippen LogP) is 1.77.